The maximum absolute atomic E-state index is 5.03. The minimum atomic E-state index is 0.435. The number of hydrogen-bond acceptors (Lipinski definition) is 3. The van der Waals surface area contributed by atoms with Crippen LogP contribution in [0.25, 0.3) is 10.9 Å². The first-order valence-electron chi connectivity index (χ1n) is 4.46. The second-order valence-electron chi connectivity index (χ2n) is 3.37. The first-order valence-corrected chi connectivity index (χ1v) is 4.46. The molecule has 0 amide bonds. The summed E-state index contributed by atoms with van der Waals surface area (Å²) in [6, 6.07) is 6.09. The molecule has 0 unspecified atom stereocenters. The Labute approximate surface area is 82.2 Å². The lowest BCUT2D eigenvalue weighted by atomic mass is 10.1. The van der Waals surface area contributed by atoms with Crippen LogP contribution in [0.4, 0.5) is 0 Å². The van der Waals surface area contributed by atoms with Gasteiger partial charge in [0.15, 0.2) is 0 Å². The predicted octanol–water partition coefficient (Wildman–Crippen LogP) is 1.27. The summed E-state index contributed by atoms with van der Waals surface area (Å²) in [5.41, 5.74) is 3.22. The van der Waals surface area contributed by atoms with E-state index in [2.05, 4.69) is 16.0 Å². The number of hydrogen-bond donors (Lipinski definition) is 1. The molecular weight excluding hydrogens is 178 g/mol. The highest BCUT2D eigenvalue weighted by atomic mass is 16.6. The quantitative estimate of drug-likeness (QED) is 0.727. The van der Waals surface area contributed by atoms with E-state index in [0.717, 1.165) is 22.2 Å². The van der Waals surface area contributed by atoms with Gasteiger partial charge in [-0.1, -0.05) is 6.07 Å². The van der Waals surface area contributed by atoms with Gasteiger partial charge in [-0.3, -0.25) is 9.52 Å². The molecule has 4 heteroatoms. The van der Waals surface area contributed by atoms with Crippen LogP contribution in [0.5, 0.6) is 0 Å². The van der Waals surface area contributed by atoms with Crippen LogP contribution in [0.15, 0.2) is 18.2 Å². The van der Waals surface area contributed by atoms with Crippen LogP contribution in [0.1, 0.15) is 11.3 Å². The molecule has 4 nitrogen and oxygen atoms in total. The maximum atomic E-state index is 5.03. The SMILES string of the molecule is Cc1nn(C)c2ccc(CON)cc12. The van der Waals surface area contributed by atoms with E-state index in [1.54, 1.807) is 0 Å². The zero-order valence-corrected chi connectivity index (χ0v) is 8.32. The van der Waals surface area contributed by atoms with Crippen LogP contribution in [0.3, 0.4) is 0 Å². The summed E-state index contributed by atoms with van der Waals surface area (Å²) < 4.78 is 1.87. The van der Waals surface area contributed by atoms with Crippen molar-refractivity contribution in [2.45, 2.75) is 13.5 Å². The number of benzene rings is 1. The number of fused-ring (bicyclic) bond motifs is 1. The number of aromatic nitrogens is 2. The highest BCUT2D eigenvalue weighted by molar-refractivity contribution is 5.82. The van der Waals surface area contributed by atoms with Crippen molar-refractivity contribution in [3.63, 3.8) is 0 Å². The maximum Gasteiger partial charge on any atom is 0.0930 e. The van der Waals surface area contributed by atoms with Crippen LogP contribution in [-0.4, -0.2) is 9.78 Å². The Kier molecular flexibility index (Phi) is 2.23. The molecule has 0 bridgehead atoms. The van der Waals surface area contributed by atoms with Crippen molar-refractivity contribution in [1.82, 2.24) is 9.78 Å². The number of aryl methyl sites for hydroxylation is 2. The fourth-order valence-electron chi connectivity index (χ4n) is 1.67. The van der Waals surface area contributed by atoms with Crippen LogP contribution in [0.2, 0.25) is 0 Å². The van der Waals surface area contributed by atoms with Gasteiger partial charge in [0, 0.05) is 12.4 Å². The second kappa shape index (κ2) is 3.40. The summed E-state index contributed by atoms with van der Waals surface area (Å²) in [5, 5.41) is 5.49. The van der Waals surface area contributed by atoms with Crippen LogP contribution >= 0.6 is 0 Å². The lowest BCUT2D eigenvalue weighted by Crippen LogP contribution is -1.98. The molecule has 0 saturated carbocycles. The minimum absolute atomic E-state index is 0.435. The zero-order chi connectivity index (χ0) is 10.1. The molecule has 2 aromatic rings. The normalized spacial score (nSPS) is 11.1. The molecule has 0 fully saturated rings. The van der Waals surface area contributed by atoms with Crippen molar-refractivity contribution >= 4 is 10.9 Å². The van der Waals surface area contributed by atoms with Crippen LogP contribution in [0, 0.1) is 6.92 Å². The second-order valence-corrected chi connectivity index (χ2v) is 3.37. The summed E-state index contributed by atoms with van der Waals surface area (Å²) in [7, 11) is 1.94. The van der Waals surface area contributed by atoms with Gasteiger partial charge in [0.1, 0.15) is 0 Å². The molecule has 14 heavy (non-hydrogen) atoms. The van der Waals surface area contributed by atoms with E-state index in [1.807, 2.05) is 30.8 Å². The van der Waals surface area contributed by atoms with Crippen molar-refractivity contribution in [3.05, 3.63) is 29.5 Å². The predicted molar refractivity (Wildman–Crippen MR) is 54.4 cm³/mol. The lowest BCUT2D eigenvalue weighted by molar-refractivity contribution is 0.124. The van der Waals surface area contributed by atoms with Crippen molar-refractivity contribution in [1.29, 1.82) is 0 Å². The molecule has 0 aliphatic heterocycles. The Morgan fingerprint density at radius 3 is 3.00 bits per heavy atom. The number of nitrogens with zero attached hydrogens (tertiary/aromatic N) is 2. The largest absolute Gasteiger partial charge is 0.300 e. The summed E-state index contributed by atoms with van der Waals surface area (Å²) in [5.74, 6) is 5.03. The number of nitrogens with two attached hydrogens (primary N) is 1. The smallest absolute Gasteiger partial charge is 0.0930 e. The first-order chi connectivity index (χ1) is 6.72. The molecule has 2 rings (SSSR count). The van der Waals surface area contributed by atoms with Gasteiger partial charge in [-0.2, -0.15) is 5.10 Å². The Balaban J connectivity index is 2.59. The van der Waals surface area contributed by atoms with E-state index >= 15 is 0 Å². The van der Waals surface area contributed by atoms with Gasteiger partial charge in [0.05, 0.1) is 17.8 Å². The Bertz CT molecular complexity index is 462. The molecule has 0 spiro atoms. The fourth-order valence-corrected chi connectivity index (χ4v) is 1.67. The van der Waals surface area contributed by atoms with E-state index in [0.29, 0.717) is 6.61 Å². The van der Waals surface area contributed by atoms with Crippen molar-refractivity contribution < 1.29 is 4.84 Å². The molecule has 74 valence electrons. The standard InChI is InChI=1S/C10H13N3O/c1-7-9-5-8(6-14-11)3-4-10(9)13(2)12-7/h3-5H,6,11H2,1-2H3. The van der Waals surface area contributed by atoms with Gasteiger partial charge >= 0.3 is 0 Å². The molecule has 2 N–H and O–H groups in total. The topological polar surface area (TPSA) is 53.1 Å². The summed E-state index contributed by atoms with van der Waals surface area (Å²) in [4.78, 5) is 4.60. The van der Waals surface area contributed by atoms with Crippen LogP contribution in [-0.2, 0) is 18.5 Å². The van der Waals surface area contributed by atoms with E-state index in [9.17, 15) is 0 Å². The fraction of sp³-hybridized carbons (Fsp3) is 0.300. The van der Waals surface area contributed by atoms with Gasteiger partial charge in [-0.05, 0) is 24.6 Å². The monoisotopic (exact) mass is 191 g/mol. The lowest BCUT2D eigenvalue weighted by Gasteiger charge is -1.99. The van der Waals surface area contributed by atoms with Crippen molar-refractivity contribution in [2.75, 3.05) is 0 Å². The summed E-state index contributed by atoms with van der Waals surface area (Å²) in [6.45, 7) is 2.43. The van der Waals surface area contributed by atoms with Crippen molar-refractivity contribution in [2.24, 2.45) is 12.9 Å². The van der Waals surface area contributed by atoms with Crippen molar-refractivity contribution in [3.8, 4) is 0 Å². The average Bonchev–Trinajstić information content (AvgIpc) is 2.43. The molecule has 0 radical (unpaired) electrons. The number of rotatable bonds is 2. The Morgan fingerprint density at radius 2 is 2.29 bits per heavy atom. The molecule has 0 saturated heterocycles. The van der Waals surface area contributed by atoms with Gasteiger partial charge in [-0.25, -0.2) is 5.90 Å². The first kappa shape index (κ1) is 9.18. The molecule has 1 heterocycles. The summed E-state index contributed by atoms with van der Waals surface area (Å²) in [6.07, 6.45) is 0. The minimum Gasteiger partial charge on any atom is -0.300 e. The molecule has 1 aromatic carbocycles. The third-order valence-corrected chi connectivity index (χ3v) is 2.35. The third-order valence-electron chi connectivity index (χ3n) is 2.35. The van der Waals surface area contributed by atoms with E-state index < -0.39 is 0 Å². The van der Waals surface area contributed by atoms with Gasteiger partial charge in [0.25, 0.3) is 0 Å². The zero-order valence-electron chi connectivity index (χ0n) is 8.32. The highest BCUT2D eigenvalue weighted by Crippen LogP contribution is 2.19. The van der Waals surface area contributed by atoms with E-state index in [1.165, 1.54) is 0 Å². The molecule has 0 aliphatic carbocycles. The highest BCUT2D eigenvalue weighted by Gasteiger charge is 2.04. The molecule has 1 aromatic heterocycles. The van der Waals surface area contributed by atoms with Gasteiger partial charge in [-0.15, -0.1) is 0 Å². The Hall–Kier alpha value is -1.39. The van der Waals surface area contributed by atoms with E-state index in [4.69, 9.17) is 5.90 Å². The average molecular weight is 191 g/mol. The van der Waals surface area contributed by atoms with Crippen LogP contribution < -0.4 is 5.90 Å². The van der Waals surface area contributed by atoms with Gasteiger partial charge < -0.3 is 0 Å². The molecule has 0 atom stereocenters. The molecule has 0 aliphatic rings. The molecular formula is C10H13N3O. The van der Waals surface area contributed by atoms with Gasteiger partial charge in [0.2, 0.25) is 0 Å². The third kappa shape index (κ3) is 1.38. The Morgan fingerprint density at radius 1 is 1.50 bits per heavy atom. The summed E-state index contributed by atoms with van der Waals surface area (Å²) >= 11 is 0. The van der Waals surface area contributed by atoms with E-state index in [-0.39, 0.29) is 0 Å².